The first kappa shape index (κ1) is 16.1. The molecule has 1 fully saturated rings. The summed E-state index contributed by atoms with van der Waals surface area (Å²) in [6.07, 6.45) is 9.38. The second-order valence-electron chi connectivity index (χ2n) is 7.21. The summed E-state index contributed by atoms with van der Waals surface area (Å²) in [7, 11) is 0. The summed E-state index contributed by atoms with van der Waals surface area (Å²) in [5, 5.41) is 6.06. The molecular formula is C19H24N4O2. The van der Waals surface area contributed by atoms with Gasteiger partial charge in [-0.1, -0.05) is 31.0 Å². The van der Waals surface area contributed by atoms with Gasteiger partial charge in [0.25, 0.3) is 0 Å². The van der Waals surface area contributed by atoms with E-state index >= 15 is 0 Å². The molecule has 0 bridgehead atoms. The van der Waals surface area contributed by atoms with E-state index in [4.69, 9.17) is 0 Å². The quantitative estimate of drug-likeness (QED) is 0.905. The molecule has 2 aromatic rings. The number of H-pyrrole nitrogens is 1. The van der Waals surface area contributed by atoms with Crippen LogP contribution in [0.1, 0.15) is 48.8 Å². The van der Waals surface area contributed by atoms with Gasteiger partial charge in [0, 0.05) is 12.6 Å². The van der Waals surface area contributed by atoms with E-state index in [0.717, 1.165) is 19.3 Å². The van der Waals surface area contributed by atoms with E-state index in [1.165, 1.54) is 53.3 Å². The Labute approximate surface area is 146 Å². The standard InChI is InChI=1S/C19H24N4O2/c24-18(12-22-13-20-21-19(22)25)23(17-6-1-2-7-17)11-14-8-9-15-4-3-5-16(15)10-14/h8-10,13,17H,1-7,11-12H2,(H,21,25). The van der Waals surface area contributed by atoms with Crippen molar-refractivity contribution < 1.29 is 4.79 Å². The molecule has 0 saturated heterocycles. The Morgan fingerprint density at radius 3 is 2.76 bits per heavy atom. The molecule has 25 heavy (non-hydrogen) atoms. The number of aromatic nitrogens is 3. The van der Waals surface area contributed by atoms with Gasteiger partial charge in [0.2, 0.25) is 5.91 Å². The second kappa shape index (κ2) is 6.86. The summed E-state index contributed by atoms with van der Waals surface area (Å²) in [5.74, 6) is -0.00380. The van der Waals surface area contributed by atoms with Gasteiger partial charge in [0.15, 0.2) is 0 Å². The number of carbonyl (C=O) groups excluding carboxylic acids is 1. The molecule has 1 heterocycles. The predicted octanol–water partition coefficient (Wildman–Crippen LogP) is 2.03. The van der Waals surface area contributed by atoms with Crippen LogP contribution in [0.25, 0.3) is 0 Å². The third-order valence-electron chi connectivity index (χ3n) is 5.53. The molecule has 1 N–H and O–H groups in total. The second-order valence-corrected chi connectivity index (χ2v) is 7.21. The third-order valence-corrected chi connectivity index (χ3v) is 5.53. The Balaban J connectivity index is 1.54. The third kappa shape index (κ3) is 3.38. The van der Waals surface area contributed by atoms with Crippen molar-refractivity contribution in [1.82, 2.24) is 19.7 Å². The van der Waals surface area contributed by atoms with Crippen molar-refractivity contribution in [2.45, 2.75) is 64.1 Å². The number of amides is 1. The van der Waals surface area contributed by atoms with Crippen molar-refractivity contribution in [3.8, 4) is 0 Å². The first-order valence-corrected chi connectivity index (χ1v) is 9.20. The Hall–Kier alpha value is -2.37. The van der Waals surface area contributed by atoms with Crippen molar-refractivity contribution >= 4 is 5.91 Å². The van der Waals surface area contributed by atoms with Gasteiger partial charge >= 0.3 is 5.69 Å². The van der Waals surface area contributed by atoms with Crippen LogP contribution in [0.4, 0.5) is 0 Å². The minimum atomic E-state index is -0.336. The van der Waals surface area contributed by atoms with Crippen LogP contribution in [0, 0.1) is 0 Å². The van der Waals surface area contributed by atoms with Crippen LogP contribution in [-0.4, -0.2) is 31.6 Å². The van der Waals surface area contributed by atoms with Crippen LogP contribution < -0.4 is 5.69 Å². The van der Waals surface area contributed by atoms with Gasteiger partial charge < -0.3 is 4.90 Å². The number of hydrogen-bond donors (Lipinski definition) is 1. The number of rotatable bonds is 5. The Morgan fingerprint density at radius 1 is 1.20 bits per heavy atom. The molecule has 0 atom stereocenters. The number of nitrogens with one attached hydrogen (secondary N) is 1. The van der Waals surface area contributed by atoms with E-state index in [0.29, 0.717) is 6.54 Å². The van der Waals surface area contributed by atoms with E-state index in [-0.39, 0.29) is 24.2 Å². The molecule has 0 unspecified atom stereocenters. The highest BCUT2D eigenvalue weighted by Gasteiger charge is 2.27. The maximum absolute atomic E-state index is 12.9. The van der Waals surface area contributed by atoms with Crippen molar-refractivity contribution in [2.24, 2.45) is 0 Å². The van der Waals surface area contributed by atoms with Crippen LogP contribution in [0.5, 0.6) is 0 Å². The van der Waals surface area contributed by atoms with Gasteiger partial charge in [0.05, 0.1) is 0 Å². The average Bonchev–Trinajstić information content (AvgIpc) is 3.34. The Kier molecular flexibility index (Phi) is 4.42. The van der Waals surface area contributed by atoms with Crippen molar-refractivity contribution in [1.29, 1.82) is 0 Å². The molecule has 1 aromatic carbocycles. The molecule has 1 saturated carbocycles. The fourth-order valence-corrected chi connectivity index (χ4v) is 4.18. The zero-order chi connectivity index (χ0) is 17.2. The fraction of sp³-hybridized carbons (Fsp3) is 0.526. The first-order chi connectivity index (χ1) is 12.2. The minimum absolute atomic E-state index is 0.00380. The Morgan fingerprint density at radius 2 is 2.00 bits per heavy atom. The summed E-state index contributed by atoms with van der Waals surface area (Å²) in [6, 6.07) is 6.92. The van der Waals surface area contributed by atoms with E-state index in [2.05, 4.69) is 28.4 Å². The molecule has 132 valence electrons. The molecule has 1 aromatic heterocycles. The zero-order valence-corrected chi connectivity index (χ0v) is 14.4. The summed E-state index contributed by atoms with van der Waals surface area (Å²) < 4.78 is 1.34. The highest BCUT2D eigenvalue weighted by molar-refractivity contribution is 5.76. The average molecular weight is 340 g/mol. The number of carbonyl (C=O) groups is 1. The van der Waals surface area contributed by atoms with Gasteiger partial charge in [0.1, 0.15) is 12.9 Å². The summed E-state index contributed by atoms with van der Waals surface area (Å²) in [4.78, 5) is 26.5. The molecule has 4 rings (SSSR count). The van der Waals surface area contributed by atoms with Gasteiger partial charge in [-0.2, -0.15) is 5.10 Å². The maximum Gasteiger partial charge on any atom is 0.343 e. The molecule has 6 nitrogen and oxygen atoms in total. The summed E-state index contributed by atoms with van der Waals surface area (Å²) >= 11 is 0. The molecular weight excluding hydrogens is 316 g/mol. The highest BCUT2D eigenvalue weighted by Crippen LogP contribution is 2.27. The van der Waals surface area contributed by atoms with E-state index in [9.17, 15) is 9.59 Å². The van der Waals surface area contributed by atoms with Gasteiger partial charge in [-0.05, 0) is 48.8 Å². The van der Waals surface area contributed by atoms with Crippen LogP contribution in [0.15, 0.2) is 29.3 Å². The van der Waals surface area contributed by atoms with E-state index in [1.54, 1.807) is 0 Å². The normalized spacial score (nSPS) is 17.0. The number of hydrogen-bond acceptors (Lipinski definition) is 3. The van der Waals surface area contributed by atoms with Crippen molar-refractivity contribution in [3.05, 3.63) is 51.7 Å². The molecule has 6 heteroatoms. The van der Waals surface area contributed by atoms with E-state index in [1.807, 2.05) is 4.90 Å². The number of fused-ring (bicyclic) bond motifs is 1. The van der Waals surface area contributed by atoms with Crippen LogP contribution in [0.3, 0.4) is 0 Å². The molecule has 0 radical (unpaired) electrons. The minimum Gasteiger partial charge on any atom is -0.334 e. The molecule has 1 amide bonds. The zero-order valence-electron chi connectivity index (χ0n) is 14.4. The number of nitrogens with zero attached hydrogens (tertiary/aromatic N) is 3. The lowest BCUT2D eigenvalue weighted by atomic mass is 10.0. The van der Waals surface area contributed by atoms with Gasteiger partial charge in [-0.15, -0.1) is 0 Å². The molecule has 0 spiro atoms. The molecule has 2 aliphatic carbocycles. The topological polar surface area (TPSA) is 71.0 Å². The van der Waals surface area contributed by atoms with Crippen molar-refractivity contribution in [3.63, 3.8) is 0 Å². The lowest BCUT2D eigenvalue weighted by Crippen LogP contribution is -2.41. The lowest BCUT2D eigenvalue weighted by Gasteiger charge is -2.29. The smallest absolute Gasteiger partial charge is 0.334 e. The monoisotopic (exact) mass is 340 g/mol. The number of benzene rings is 1. The summed E-state index contributed by atoms with van der Waals surface area (Å²) in [6.45, 7) is 0.681. The van der Waals surface area contributed by atoms with E-state index < -0.39 is 0 Å². The summed E-state index contributed by atoms with van der Waals surface area (Å²) in [5.41, 5.74) is 3.74. The van der Waals surface area contributed by atoms with Crippen LogP contribution in [-0.2, 0) is 30.7 Å². The number of aryl methyl sites for hydroxylation is 2. The Bertz CT molecular complexity index is 817. The molecule has 2 aliphatic rings. The largest absolute Gasteiger partial charge is 0.343 e. The lowest BCUT2D eigenvalue weighted by molar-refractivity contribution is -0.134. The SMILES string of the molecule is O=C(Cn1cn[nH]c1=O)N(Cc1ccc2c(c1)CCC2)C1CCCC1. The maximum atomic E-state index is 12.9. The van der Waals surface area contributed by atoms with Crippen LogP contribution >= 0.6 is 0 Å². The predicted molar refractivity (Wildman–Crippen MR) is 94.1 cm³/mol. The fourth-order valence-electron chi connectivity index (χ4n) is 4.18. The van der Waals surface area contributed by atoms with Crippen molar-refractivity contribution in [2.75, 3.05) is 0 Å². The van der Waals surface area contributed by atoms with Crippen LogP contribution in [0.2, 0.25) is 0 Å². The van der Waals surface area contributed by atoms with Gasteiger partial charge in [-0.3, -0.25) is 9.36 Å². The first-order valence-electron chi connectivity index (χ1n) is 9.20. The number of aromatic amines is 1. The van der Waals surface area contributed by atoms with Gasteiger partial charge in [-0.25, -0.2) is 9.89 Å². The highest BCUT2D eigenvalue weighted by atomic mass is 16.2. The molecule has 0 aliphatic heterocycles.